The maximum absolute atomic E-state index is 12.7. The second-order valence-electron chi connectivity index (χ2n) is 6.38. The number of urea groups is 1. The van der Waals surface area contributed by atoms with Gasteiger partial charge in [-0.15, -0.1) is 0 Å². The average Bonchev–Trinajstić information content (AvgIpc) is 3.07. The quantitative estimate of drug-likeness (QED) is 0.932. The number of amides is 2. The average molecular weight is 337 g/mol. The van der Waals surface area contributed by atoms with Crippen molar-refractivity contribution in [1.82, 2.24) is 20.0 Å². The monoisotopic (exact) mass is 337 g/mol. The van der Waals surface area contributed by atoms with Gasteiger partial charge in [0.15, 0.2) is 0 Å². The topological polar surface area (TPSA) is 74.0 Å². The Labute approximate surface area is 148 Å². The molecule has 3 rings (SSSR count). The molecule has 1 aliphatic heterocycles. The first-order valence-corrected chi connectivity index (χ1v) is 8.70. The molecule has 0 radical (unpaired) electrons. The van der Waals surface area contributed by atoms with Crippen molar-refractivity contribution in [3.63, 3.8) is 0 Å². The summed E-state index contributed by atoms with van der Waals surface area (Å²) in [6, 6.07) is 11.7. The lowest BCUT2D eigenvalue weighted by Crippen LogP contribution is -2.45. The van der Waals surface area contributed by atoms with E-state index in [0.717, 1.165) is 37.1 Å². The first kappa shape index (κ1) is 17.0. The molecule has 2 heterocycles. The summed E-state index contributed by atoms with van der Waals surface area (Å²) in [6.07, 6.45) is 5.62. The number of likely N-dealkylation sites (tertiary alicyclic amines) is 1. The molecule has 0 unspecified atom stereocenters. The van der Waals surface area contributed by atoms with Crippen LogP contribution in [0.2, 0.25) is 0 Å². The predicted molar refractivity (Wildman–Crippen MR) is 94.8 cm³/mol. The number of piperidine rings is 1. The van der Waals surface area contributed by atoms with Crippen LogP contribution in [-0.4, -0.2) is 33.8 Å². The van der Waals surface area contributed by atoms with Crippen molar-refractivity contribution in [3.05, 3.63) is 53.3 Å². The molecule has 1 aliphatic rings. The fourth-order valence-electron chi connectivity index (χ4n) is 3.40. The smallest absolute Gasteiger partial charge is 0.317 e. The minimum absolute atomic E-state index is 0.0256. The third-order valence-corrected chi connectivity index (χ3v) is 4.71. The number of nitrogens with one attached hydrogen (secondary N) is 1. The molecule has 1 aromatic carbocycles. The lowest BCUT2D eigenvalue weighted by atomic mass is 9.99. The van der Waals surface area contributed by atoms with Crippen LogP contribution >= 0.6 is 0 Å². The maximum atomic E-state index is 12.7. The summed E-state index contributed by atoms with van der Waals surface area (Å²) in [6.45, 7) is 1.33. The van der Waals surface area contributed by atoms with Crippen LogP contribution in [-0.2, 0) is 13.5 Å². The molecule has 0 bridgehead atoms. The summed E-state index contributed by atoms with van der Waals surface area (Å²) >= 11 is 0. The Hall–Kier alpha value is -2.81. The molecule has 1 aromatic heterocycles. The van der Waals surface area contributed by atoms with Crippen molar-refractivity contribution in [3.8, 4) is 6.07 Å². The summed E-state index contributed by atoms with van der Waals surface area (Å²) in [7, 11) is 1.92. The number of nitrogens with zero attached hydrogens (tertiary/aromatic N) is 4. The molecule has 6 nitrogen and oxygen atoms in total. The van der Waals surface area contributed by atoms with Crippen molar-refractivity contribution in [2.24, 2.45) is 7.05 Å². The van der Waals surface area contributed by atoms with E-state index in [4.69, 9.17) is 5.26 Å². The highest BCUT2D eigenvalue weighted by Gasteiger charge is 2.29. The van der Waals surface area contributed by atoms with Crippen LogP contribution in [0.25, 0.3) is 0 Å². The number of benzene rings is 1. The first-order valence-electron chi connectivity index (χ1n) is 8.70. The molecular formula is C19H23N5O. The van der Waals surface area contributed by atoms with E-state index >= 15 is 0 Å². The maximum Gasteiger partial charge on any atom is 0.317 e. The molecule has 2 amide bonds. The summed E-state index contributed by atoms with van der Waals surface area (Å²) in [4.78, 5) is 14.6. The molecule has 1 saturated heterocycles. The zero-order valence-corrected chi connectivity index (χ0v) is 14.5. The van der Waals surface area contributed by atoms with Crippen molar-refractivity contribution in [2.75, 3.05) is 13.1 Å². The van der Waals surface area contributed by atoms with E-state index in [0.29, 0.717) is 18.5 Å². The minimum Gasteiger partial charge on any atom is -0.338 e. The van der Waals surface area contributed by atoms with Crippen LogP contribution in [0.15, 0.2) is 36.5 Å². The minimum atomic E-state index is -0.0256. The van der Waals surface area contributed by atoms with E-state index in [-0.39, 0.29) is 12.1 Å². The Balaban J connectivity index is 1.59. The third kappa shape index (κ3) is 4.00. The van der Waals surface area contributed by atoms with Crippen molar-refractivity contribution in [2.45, 2.75) is 31.7 Å². The molecule has 6 heteroatoms. The van der Waals surface area contributed by atoms with Gasteiger partial charge in [-0.1, -0.05) is 12.1 Å². The fraction of sp³-hybridized carbons (Fsp3) is 0.421. The van der Waals surface area contributed by atoms with E-state index in [1.54, 1.807) is 12.3 Å². The molecule has 0 spiro atoms. The molecule has 1 atom stereocenters. The van der Waals surface area contributed by atoms with Gasteiger partial charge in [0, 0.05) is 26.3 Å². The number of rotatable bonds is 4. The first-order chi connectivity index (χ1) is 12.2. The number of hydrogen-bond acceptors (Lipinski definition) is 3. The van der Waals surface area contributed by atoms with Gasteiger partial charge in [0.2, 0.25) is 0 Å². The Kier molecular flexibility index (Phi) is 5.34. The van der Waals surface area contributed by atoms with Gasteiger partial charge >= 0.3 is 6.03 Å². The Morgan fingerprint density at radius 2 is 2.28 bits per heavy atom. The molecule has 0 aliphatic carbocycles. The van der Waals surface area contributed by atoms with Crippen molar-refractivity contribution >= 4 is 6.03 Å². The Bertz CT molecular complexity index is 776. The molecule has 2 aromatic rings. The van der Waals surface area contributed by atoms with Gasteiger partial charge < -0.3 is 10.2 Å². The van der Waals surface area contributed by atoms with Crippen LogP contribution < -0.4 is 5.32 Å². The highest BCUT2D eigenvalue weighted by molar-refractivity contribution is 5.74. The third-order valence-electron chi connectivity index (χ3n) is 4.71. The number of hydrogen-bond donors (Lipinski definition) is 1. The largest absolute Gasteiger partial charge is 0.338 e. The van der Waals surface area contributed by atoms with E-state index in [9.17, 15) is 4.79 Å². The lowest BCUT2D eigenvalue weighted by molar-refractivity contribution is 0.148. The normalized spacial score (nSPS) is 17.1. The van der Waals surface area contributed by atoms with Crippen molar-refractivity contribution in [1.29, 1.82) is 5.26 Å². The van der Waals surface area contributed by atoms with Gasteiger partial charge in [-0.2, -0.15) is 10.4 Å². The van der Waals surface area contributed by atoms with Gasteiger partial charge in [0.05, 0.1) is 23.4 Å². The van der Waals surface area contributed by atoms with E-state index < -0.39 is 0 Å². The fourth-order valence-corrected chi connectivity index (χ4v) is 3.40. The molecular weight excluding hydrogens is 314 g/mol. The second-order valence-corrected chi connectivity index (χ2v) is 6.38. The summed E-state index contributed by atoms with van der Waals surface area (Å²) in [5, 5.41) is 16.2. The second kappa shape index (κ2) is 7.84. The Morgan fingerprint density at radius 1 is 1.40 bits per heavy atom. The number of aryl methyl sites for hydroxylation is 1. The zero-order valence-electron chi connectivity index (χ0n) is 14.5. The lowest BCUT2D eigenvalue weighted by Gasteiger charge is -2.35. The predicted octanol–water partition coefficient (Wildman–Crippen LogP) is 2.77. The van der Waals surface area contributed by atoms with Crippen molar-refractivity contribution < 1.29 is 4.79 Å². The highest BCUT2D eigenvalue weighted by atomic mass is 16.2. The van der Waals surface area contributed by atoms with Crippen LogP contribution in [0.1, 0.15) is 42.1 Å². The zero-order chi connectivity index (χ0) is 17.6. The summed E-state index contributed by atoms with van der Waals surface area (Å²) in [5.41, 5.74) is 2.79. The summed E-state index contributed by atoms with van der Waals surface area (Å²) in [5.74, 6) is 0. The SMILES string of the molecule is Cn1nccc1[C@H]1CCCCN1C(=O)NCCc1cccc(C#N)c1. The number of aromatic nitrogens is 2. The van der Waals surface area contributed by atoms with Gasteiger partial charge in [0.1, 0.15) is 0 Å². The van der Waals surface area contributed by atoms with Gasteiger partial charge in [0.25, 0.3) is 0 Å². The van der Waals surface area contributed by atoms with Gasteiger partial charge in [-0.3, -0.25) is 4.68 Å². The highest BCUT2D eigenvalue weighted by Crippen LogP contribution is 2.30. The standard InChI is InChI=1S/C19H23N5O/c1-23-17(9-11-22-23)18-7-2-3-12-24(18)19(25)21-10-8-15-5-4-6-16(13-15)14-20/h4-6,9,11,13,18H,2-3,7-8,10,12H2,1H3,(H,21,25)/t18-/m1/s1. The number of nitriles is 1. The van der Waals surface area contributed by atoms with Crippen LogP contribution in [0.4, 0.5) is 4.79 Å². The summed E-state index contributed by atoms with van der Waals surface area (Å²) < 4.78 is 1.85. The van der Waals surface area contributed by atoms with Crippen LogP contribution in [0.3, 0.4) is 0 Å². The number of carbonyl (C=O) groups is 1. The molecule has 25 heavy (non-hydrogen) atoms. The van der Waals surface area contributed by atoms with Crippen LogP contribution in [0, 0.1) is 11.3 Å². The molecule has 0 saturated carbocycles. The molecule has 1 fully saturated rings. The van der Waals surface area contributed by atoms with Gasteiger partial charge in [-0.05, 0) is 49.4 Å². The van der Waals surface area contributed by atoms with E-state index in [2.05, 4.69) is 16.5 Å². The van der Waals surface area contributed by atoms with E-state index in [1.807, 2.05) is 40.9 Å². The Morgan fingerprint density at radius 3 is 3.04 bits per heavy atom. The van der Waals surface area contributed by atoms with Gasteiger partial charge in [-0.25, -0.2) is 4.79 Å². The molecule has 130 valence electrons. The van der Waals surface area contributed by atoms with E-state index in [1.165, 1.54) is 0 Å². The van der Waals surface area contributed by atoms with Crippen LogP contribution in [0.5, 0.6) is 0 Å². The number of carbonyl (C=O) groups excluding carboxylic acids is 1. The molecule has 1 N–H and O–H groups in total.